The summed E-state index contributed by atoms with van der Waals surface area (Å²) in [6, 6.07) is 0. The van der Waals surface area contributed by atoms with Gasteiger partial charge in [0.05, 0.1) is 0 Å². The predicted molar refractivity (Wildman–Crippen MR) is 182 cm³/mol. The van der Waals surface area contributed by atoms with Crippen molar-refractivity contribution < 1.29 is 9.59 Å². The Kier molecular flexibility index (Phi) is 14.5. The highest BCUT2D eigenvalue weighted by Crippen LogP contribution is 2.42. The fraction of sp³-hybridized carbons (Fsp3) is 0.700. The molecule has 0 fully saturated rings. The predicted octanol–water partition coefficient (Wildman–Crippen LogP) is 11.7. The molecule has 0 aromatic rings. The van der Waals surface area contributed by atoms with Crippen LogP contribution in [0.4, 0.5) is 0 Å². The summed E-state index contributed by atoms with van der Waals surface area (Å²) in [6.07, 6.45) is 26.9. The van der Waals surface area contributed by atoms with Gasteiger partial charge in [-0.25, -0.2) is 0 Å². The van der Waals surface area contributed by atoms with Gasteiger partial charge in [0.2, 0.25) is 0 Å². The minimum atomic E-state index is 0.106. The van der Waals surface area contributed by atoms with E-state index in [1.54, 1.807) is 0 Å². The van der Waals surface area contributed by atoms with Crippen molar-refractivity contribution >= 4 is 11.6 Å². The van der Waals surface area contributed by atoms with Crippen LogP contribution in [0.1, 0.15) is 146 Å². The molecule has 2 aliphatic carbocycles. The summed E-state index contributed by atoms with van der Waals surface area (Å²) < 4.78 is 0. The molecule has 2 nitrogen and oxygen atoms in total. The highest BCUT2D eigenvalue weighted by atomic mass is 16.1. The fourth-order valence-corrected chi connectivity index (χ4v) is 6.80. The lowest BCUT2D eigenvalue weighted by Gasteiger charge is -2.34. The maximum Gasteiger partial charge on any atom is 0.158 e. The molecule has 0 radical (unpaired) electrons. The van der Waals surface area contributed by atoms with Crippen LogP contribution in [0.2, 0.25) is 0 Å². The first-order valence-corrected chi connectivity index (χ1v) is 17.1. The molecule has 0 saturated carbocycles. The van der Waals surface area contributed by atoms with Crippen molar-refractivity contribution in [2.45, 2.75) is 146 Å². The Balaban J connectivity index is 1.63. The number of hydrogen-bond acceptors (Lipinski definition) is 2. The van der Waals surface area contributed by atoms with Crippen molar-refractivity contribution in [2.75, 3.05) is 0 Å². The molecule has 236 valence electrons. The molecule has 2 heteroatoms. The van der Waals surface area contributed by atoms with Crippen LogP contribution in [0.5, 0.6) is 0 Å². The summed E-state index contributed by atoms with van der Waals surface area (Å²) in [6.45, 7) is 22.5. The summed E-state index contributed by atoms with van der Waals surface area (Å²) in [7, 11) is 0. The van der Waals surface area contributed by atoms with Crippen molar-refractivity contribution in [1.29, 1.82) is 0 Å². The van der Waals surface area contributed by atoms with Crippen molar-refractivity contribution in [2.24, 2.45) is 34.5 Å². The lowest BCUT2D eigenvalue weighted by Crippen LogP contribution is -2.25. The monoisotopic (exact) mass is 576 g/mol. The van der Waals surface area contributed by atoms with E-state index in [0.717, 1.165) is 55.6 Å². The Labute approximate surface area is 260 Å². The Morgan fingerprint density at radius 2 is 1.33 bits per heavy atom. The first kappa shape index (κ1) is 36.2. The van der Waals surface area contributed by atoms with Crippen LogP contribution in [-0.2, 0) is 9.59 Å². The Hall–Kier alpha value is -1.96. The largest absolute Gasteiger partial charge is 0.295 e. The molecular weight excluding hydrogens is 512 g/mol. The molecule has 42 heavy (non-hydrogen) atoms. The summed E-state index contributed by atoms with van der Waals surface area (Å²) >= 11 is 0. The summed E-state index contributed by atoms with van der Waals surface area (Å²) in [5.74, 6) is 3.09. The van der Waals surface area contributed by atoms with Gasteiger partial charge in [-0.1, -0.05) is 110 Å². The van der Waals surface area contributed by atoms with Gasteiger partial charge in [0.25, 0.3) is 0 Å². The number of allylic oxidation sites excluding steroid dienone is 10. The van der Waals surface area contributed by atoms with Crippen LogP contribution in [0.3, 0.4) is 0 Å². The van der Waals surface area contributed by atoms with E-state index in [4.69, 9.17) is 0 Å². The van der Waals surface area contributed by atoms with E-state index in [1.807, 2.05) is 13.8 Å². The summed E-state index contributed by atoms with van der Waals surface area (Å²) in [5.41, 5.74) is 4.93. The minimum Gasteiger partial charge on any atom is -0.295 e. The van der Waals surface area contributed by atoms with Gasteiger partial charge in [-0.05, 0) is 116 Å². The van der Waals surface area contributed by atoms with E-state index in [0.29, 0.717) is 42.2 Å². The second kappa shape index (κ2) is 16.8. The SMILES string of the molecule is CC1=C(/C=C/C(C)CCCC(C)CC/C=C/C(C)/C=C/CC(C)CCC2=C(C)C(=O)CCC2(C)C)C(C)(C)CCC1=O. The van der Waals surface area contributed by atoms with E-state index in [2.05, 4.69) is 91.8 Å². The van der Waals surface area contributed by atoms with Crippen LogP contribution in [-0.4, -0.2) is 11.6 Å². The third-order valence-corrected chi connectivity index (χ3v) is 10.3. The standard InChI is InChI=1S/C40H64O2/c1-29(17-13-19-31(3)21-23-35-33(5)37(41)25-27-39(35,7)8)15-11-12-16-30(2)18-14-20-32(4)22-24-36-34(6)38(42)26-28-40(36,9)10/h11,13,15,17,22,24,29-32H,12,14,16,18-21,23,25-28H2,1-10H3/b15-11+,17-13+,24-22+. The normalized spacial score (nSPS) is 22.5. The van der Waals surface area contributed by atoms with Crippen LogP contribution in [0, 0.1) is 34.5 Å². The molecule has 4 atom stereocenters. The van der Waals surface area contributed by atoms with E-state index < -0.39 is 0 Å². The van der Waals surface area contributed by atoms with Crippen molar-refractivity contribution in [3.63, 3.8) is 0 Å². The number of Topliss-reactive ketones (excluding diaryl/α,β-unsaturated/α-hetero) is 2. The average Bonchev–Trinajstić information content (AvgIpc) is 2.91. The lowest BCUT2D eigenvalue weighted by molar-refractivity contribution is -0.117. The molecule has 0 saturated heterocycles. The van der Waals surface area contributed by atoms with Gasteiger partial charge in [-0.2, -0.15) is 0 Å². The van der Waals surface area contributed by atoms with Crippen LogP contribution in [0.15, 0.2) is 58.7 Å². The first-order chi connectivity index (χ1) is 19.6. The Bertz CT molecular complexity index is 1060. The molecule has 2 aliphatic rings. The first-order valence-electron chi connectivity index (χ1n) is 17.1. The van der Waals surface area contributed by atoms with Gasteiger partial charge >= 0.3 is 0 Å². The molecule has 2 rings (SSSR count). The average molecular weight is 577 g/mol. The number of hydrogen-bond donors (Lipinski definition) is 0. The smallest absolute Gasteiger partial charge is 0.158 e. The molecule has 0 aromatic heterocycles. The molecule has 4 unspecified atom stereocenters. The van der Waals surface area contributed by atoms with E-state index in [-0.39, 0.29) is 10.8 Å². The molecule has 0 heterocycles. The molecule has 0 aromatic carbocycles. The maximum absolute atomic E-state index is 12.2. The number of carbonyl (C=O) groups excluding carboxylic acids is 2. The number of carbonyl (C=O) groups is 2. The highest BCUT2D eigenvalue weighted by molar-refractivity contribution is 5.97. The van der Waals surface area contributed by atoms with Gasteiger partial charge < -0.3 is 0 Å². The minimum absolute atomic E-state index is 0.106. The second-order valence-corrected chi connectivity index (χ2v) is 15.3. The highest BCUT2D eigenvalue weighted by Gasteiger charge is 2.32. The van der Waals surface area contributed by atoms with Gasteiger partial charge in [0.15, 0.2) is 11.6 Å². The van der Waals surface area contributed by atoms with Gasteiger partial charge in [-0.15, -0.1) is 0 Å². The zero-order valence-electron chi connectivity index (χ0n) is 29.1. The van der Waals surface area contributed by atoms with Crippen LogP contribution in [0.25, 0.3) is 0 Å². The van der Waals surface area contributed by atoms with Crippen LogP contribution < -0.4 is 0 Å². The van der Waals surface area contributed by atoms with Gasteiger partial charge in [-0.3, -0.25) is 9.59 Å². The maximum atomic E-state index is 12.2. The molecule has 0 aliphatic heterocycles. The third kappa shape index (κ3) is 11.6. The van der Waals surface area contributed by atoms with Crippen LogP contribution >= 0.6 is 0 Å². The van der Waals surface area contributed by atoms with E-state index in [1.165, 1.54) is 36.8 Å². The zero-order valence-corrected chi connectivity index (χ0v) is 29.1. The molecule has 0 N–H and O–H groups in total. The summed E-state index contributed by atoms with van der Waals surface area (Å²) in [5, 5.41) is 0. The number of rotatable bonds is 16. The molecule has 0 amide bonds. The van der Waals surface area contributed by atoms with Crippen molar-refractivity contribution in [1.82, 2.24) is 0 Å². The lowest BCUT2D eigenvalue weighted by atomic mass is 9.70. The second-order valence-electron chi connectivity index (χ2n) is 15.3. The topological polar surface area (TPSA) is 34.1 Å². The molecule has 0 bridgehead atoms. The third-order valence-electron chi connectivity index (χ3n) is 10.3. The van der Waals surface area contributed by atoms with Crippen molar-refractivity contribution in [3.8, 4) is 0 Å². The molecular formula is C40H64O2. The van der Waals surface area contributed by atoms with Gasteiger partial charge in [0.1, 0.15) is 0 Å². The fourth-order valence-electron chi connectivity index (χ4n) is 6.80. The Morgan fingerprint density at radius 1 is 0.714 bits per heavy atom. The summed E-state index contributed by atoms with van der Waals surface area (Å²) in [4.78, 5) is 24.4. The number of ketones is 2. The Morgan fingerprint density at radius 3 is 2.02 bits per heavy atom. The zero-order chi connectivity index (χ0) is 31.5. The quantitative estimate of drug-likeness (QED) is 0.171. The van der Waals surface area contributed by atoms with Crippen molar-refractivity contribution in [3.05, 3.63) is 58.7 Å². The van der Waals surface area contributed by atoms with Gasteiger partial charge in [0, 0.05) is 12.8 Å². The van der Waals surface area contributed by atoms with E-state index in [9.17, 15) is 9.59 Å². The van der Waals surface area contributed by atoms with E-state index >= 15 is 0 Å². The molecule has 0 spiro atoms.